The van der Waals surface area contributed by atoms with E-state index in [0.717, 1.165) is 42.0 Å². The summed E-state index contributed by atoms with van der Waals surface area (Å²) in [5.74, 6) is 1.62. The normalized spacial score (nSPS) is 16.8. The second-order valence-corrected chi connectivity index (χ2v) is 6.82. The fraction of sp³-hybridized carbons (Fsp3) is 0.333. The fourth-order valence-electron chi connectivity index (χ4n) is 3.71. The molecule has 1 aliphatic heterocycles. The minimum atomic E-state index is 0.0899. The molecule has 6 heteroatoms. The number of carbonyl (C=O) groups is 1. The number of imidazole rings is 1. The maximum absolute atomic E-state index is 12.9. The van der Waals surface area contributed by atoms with E-state index in [1.165, 1.54) is 0 Å². The molecule has 2 heterocycles. The Morgan fingerprint density at radius 2 is 1.93 bits per heavy atom. The zero-order chi connectivity index (χ0) is 18.6. The van der Waals surface area contributed by atoms with E-state index in [0.29, 0.717) is 13.2 Å². The summed E-state index contributed by atoms with van der Waals surface area (Å²) in [5, 5.41) is 0. The smallest absolute Gasteiger partial charge is 0.242 e. The number of ether oxygens (including phenoxy) is 1. The molecular formula is C21H24N4O2. The van der Waals surface area contributed by atoms with Crippen LogP contribution in [0.15, 0.2) is 54.6 Å². The number of likely N-dealkylation sites (tertiary alicyclic amines) is 1. The zero-order valence-electron chi connectivity index (χ0n) is 15.3. The number of rotatable bonds is 6. The third kappa shape index (κ3) is 3.66. The maximum Gasteiger partial charge on any atom is 0.242 e. The van der Waals surface area contributed by atoms with Crippen molar-refractivity contribution in [3.63, 3.8) is 0 Å². The Hall–Kier alpha value is -2.86. The van der Waals surface area contributed by atoms with Crippen molar-refractivity contribution in [1.29, 1.82) is 0 Å². The van der Waals surface area contributed by atoms with Crippen LogP contribution in [-0.4, -0.2) is 39.5 Å². The summed E-state index contributed by atoms with van der Waals surface area (Å²) in [4.78, 5) is 19.5. The van der Waals surface area contributed by atoms with Gasteiger partial charge in [0.15, 0.2) is 0 Å². The predicted octanol–water partition coefficient (Wildman–Crippen LogP) is 2.56. The Kier molecular flexibility index (Phi) is 5.07. The number of aromatic nitrogens is 2. The van der Waals surface area contributed by atoms with Gasteiger partial charge in [0, 0.05) is 19.1 Å². The van der Waals surface area contributed by atoms with E-state index in [9.17, 15) is 4.79 Å². The molecule has 6 nitrogen and oxygen atoms in total. The van der Waals surface area contributed by atoms with E-state index in [4.69, 9.17) is 10.5 Å². The number of nitrogens with zero attached hydrogens (tertiary/aromatic N) is 3. The summed E-state index contributed by atoms with van der Waals surface area (Å²) in [5.41, 5.74) is 7.65. The number of fused-ring (bicyclic) bond motifs is 1. The van der Waals surface area contributed by atoms with Crippen molar-refractivity contribution in [2.45, 2.75) is 32.0 Å². The van der Waals surface area contributed by atoms with Gasteiger partial charge in [0.05, 0.1) is 11.0 Å². The molecule has 1 aromatic heterocycles. The first-order valence-electron chi connectivity index (χ1n) is 9.38. The number of amides is 1. The predicted molar refractivity (Wildman–Crippen MR) is 104 cm³/mol. The molecule has 140 valence electrons. The van der Waals surface area contributed by atoms with Crippen molar-refractivity contribution in [3.8, 4) is 5.75 Å². The molecule has 1 unspecified atom stereocenters. The molecule has 1 amide bonds. The van der Waals surface area contributed by atoms with Crippen LogP contribution < -0.4 is 10.5 Å². The van der Waals surface area contributed by atoms with Crippen molar-refractivity contribution in [2.24, 2.45) is 5.73 Å². The van der Waals surface area contributed by atoms with Crippen molar-refractivity contribution in [3.05, 3.63) is 60.4 Å². The average molecular weight is 364 g/mol. The molecule has 0 radical (unpaired) electrons. The van der Waals surface area contributed by atoms with Gasteiger partial charge in [0.25, 0.3) is 0 Å². The van der Waals surface area contributed by atoms with Crippen LogP contribution in [0.5, 0.6) is 5.75 Å². The lowest BCUT2D eigenvalue weighted by molar-refractivity contribution is -0.132. The van der Waals surface area contributed by atoms with Crippen molar-refractivity contribution < 1.29 is 9.53 Å². The van der Waals surface area contributed by atoms with Crippen molar-refractivity contribution in [1.82, 2.24) is 14.5 Å². The highest BCUT2D eigenvalue weighted by Crippen LogP contribution is 2.21. The van der Waals surface area contributed by atoms with E-state index < -0.39 is 0 Å². The van der Waals surface area contributed by atoms with Gasteiger partial charge in [0.2, 0.25) is 5.91 Å². The number of carbonyl (C=O) groups excluding carboxylic acids is 1. The van der Waals surface area contributed by atoms with Crippen LogP contribution in [0.1, 0.15) is 18.7 Å². The Bertz CT molecular complexity index is 922. The van der Waals surface area contributed by atoms with E-state index in [1.807, 2.05) is 64.1 Å². The standard InChI is InChI=1S/C21H24N4O2/c22-13-16-7-6-12-24(16)21(26)14-25-19-11-5-4-10-18(19)23-20(25)15-27-17-8-2-1-3-9-17/h1-5,8-11,16H,6-7,12-15,22H2. The summed E-state index contributed by atoms with van der Waals surface area (Å²) in [6, 6.07) is 17.7. The molecule has 3 aromatic rings. The van der Waals surface area contributed by atoms with Crippen LogP contribution in [0.25, 0.3) is 11.0 Å². The number of hydrogen-bond donors (Lipinski definition) is 1. The second kappa shape index (κ2) is 7.80. The topological polar surface area (TPSA) is 73.4 Å². The highest BCUT2D eigenvalue weighted by molar-refractivity contribution is 5.81. The van der Waals surface area contributed by atoms with E-state index in [-0.39, 0.29) is 18.5 Å². The first kappa shape index (κ1) is 17.5. The minimum absolute atomic E-state index is 0.0899. The Labute approximate surface area is 158 Å². The molecule has 0 saturated carbocycles. The summed E-state index contributed by atoms with van der Waals surface area (Å²) >= 11 is 0. The highest BCUT2D eigenvalue weighted by atomic mass is 16.5. The van der Waals surface area contributed by atoms with Crippen LogP contribution in [0.4, 0.5) is 0 Å². The van der Waals surface area contributed by atoms with Crippen LogP contribution in [0, 0.1) is 0 Å². The molecule has 1 saturated heterocycles. The monoisotopic (exact) mass is 364 g/mol. The van der Waals surface area contributed by atoms with E-state index in [2.05, 4.69) is 4.98 Å². The number of para-hydroxylation sites is 3. The lowest BCUT2D eigenvalue weighted by Gasteiger charge is -2.24. The third-order valence-electron chi connectivity index (χ3n) is 5.11. The highest BCUT2D eigenvalue weighted by Gasteiger charge is 2.28. The van der Waals surface area contributed by atoms with Gasteiger partial charge >= 0.3 is 0 Å². The molecule has 1 aliphatic rings. The van der Waals surface area contributed by atoms with Gasteiger partial charge in [-0.05, 0) is 37.1 Å². The average Bonchev–Trinajstić information content (AvgIpc) is 3.32. The largest absolute Gasteiger partial charge is 0.486 e. The van der Waals surface area contributed by atoms with Gasteiger partial charge in [-0.2, -0.15) is 0 Å². The van der Waals surface area contributed by atoms with Crippen LogP contribution in [0.2, 0.25) is 0 Å². The first-order valence-corrected chi connectivity index (χ1v) is 9.38. The van der Waals surface area contributed by atoms with Gasteiger partial charge in [-0.3, -0.25) is 4.79 Å². The van der Waals surface area contributed by atoms with E-state index in [1.54, 1.807) is 0 Å². The van der Waals surface area contributed by atoms with Crippen LogP contribution in [-0.2, 0) is 17.9 Å². The summed E-state index contributed by atoms with van der Waals surface area (Å²) in [6.07, 6.45) is 2.00. The fourth-order valence-corrected chi connectivity index (χ4v) is 3.71. The summed E-state index contributed by atoms with van der Waals surface area (Å²) < 4.78 is 7.85. The van der Waals surface area contributed by atoms with Gasteiger partial charge in [0.1, 0.15) is 24.7 Å². The van der Waals surface area contributed by atoms with Gasteiger partial charge < -0.3 is 19.9 Å². The molecule has 27 heavy (non-hydrogen) atoms. The third-order valence-corrected chi connectivity index (χ3v) is 5.11. The molecular weight excluding hydrogens is 340 g/mol. The molecule has 0 aliphatic carbocycles. The van der Waals surface area contributed by atoms with Gasteiger partial charge in [-0.15, -0.1) is 0 Å². The number of nitrogens with two attached hydrogens (primary N) is 1. The summed E-state index contributed by atoms with van der Waals surface area (Å²) in [6.45, 7) is 1.86. The second-order valence-electron chi connectivity index (χ2n) is 6.82. The van der Waals surface area contributed by atoms with Crippen molar-refractivity contribution in [2.75, 3.05) is 13.1 Å². The molecule has 0 spiro atoms. The van der Waals surface area contributed by atoms with Crippen LogP contribution in [0.3, 0.4) is 0 Å². The number of hydrogen-bond acceptors (Lipinski definition) is 4. The molecule has 2 aromatic carbocycles. The van der Waals surface area contributed by atoms with Crippen molar-refractivity contribution >= 4 is 16.9 Å². The first-order chi connectivity index (χ1) is 13.3. The van der Waals surface area contributed by atoms with E-state index >= 15 is 0 Å². The molecule has 2 N–H and O–H groups in total. The molecule has 1 atom stereocenters. The Balaban J connectivity index is 1.59. The lowest BCUT2D eigenvalue weighted by atomic mass is 10.2. The lowest BCUT2D eigenvalue weighted by Crippen LogP contribution is -2.41. The van der Waals surface area contributed by atoms with Crippen LogP contribution >= 0.6 is 0 Å². The molecule has 0 bridgehead atoms. The molecule has 4 rings (SSSR count). The maximum atomic E-state index is 12.9. The quantitative estimate of drug-likeness (QED) is 0.730. The van der Waals surface area contributed by atoms with Gasteiger partial charge in [-0.1, -0.05) is 30.3 Å². The molecule has 1 fully saturated rings. The zero-order valence-corrected chi connectivity index (χ0v) is 15.3. The Morgan fingerprint density at radius 3 is 2.74 bits per heavy atom. The van der Waals surface area contributed by atoms with Gasteiger partial charge in [-0.25, -0.2) is 4.98 Å². The Morgan fingerprint density at radius 1 is 1.15 bits per heavy atom. The number of benzene rings is 2. The minimum Gasteiger partial charge on any atom is -0.486 e. The SMILES string of the molecule is NCC1CCCN1C(=O)Cn1c(COc2ccccc2)nc2ccccc21. The summed E-state index contributed by atoms with van der Waals surface area (Å²) in [7, 11) is 0.